The Morgan fingerprint density at radius 1 is 1.85 bits per heavy atom. The van der Waals surface area contributed by atoms with Crippen molar-refractivity contribution in [2.24, 2.45) is 5.73 Å². The summed E-state index contributed by atoms with van der Waals surface area (Å²) in [4.78, 5) is 11.2. The lowest BCUT2D eigenvalue weighted by Gasteiger charge is -2.08. The van der Waals surface area contributed by atoms with Crippen LogP contribution in [0.4, 0.5) is 0 Å². The summed E-state index contributed by atoms with van der Waals surface area (Å²) in [5.74, 6) is -0.221. The van der Waals surface area contributed by atoms with E-state index in [0.29, 0.717) is 12.2 Å². The zero-order chi connectivity index (χ0) is 8.97. The van der Waals surface area contributed by atoms with Gasteiger partial charge in [0.25, 0.3) is 5.91 Å². The molecule has 0 aliphatic heterocycles. The van der Waals surface area contributed by atoms with Gasteiger partial charge in [-0.3, -0.25) is 4.79 Å². The van der Waals surface area contributed by atoms with Crippen LogP contribution in [0.2, 0.25) is 0 Å². The summed E-state index contributed by atoms with van der Waals surface area (Å²) >= 11 is 1.01. The van der Waals surface area contributed by atoms with Gasteiger partial charge in [-0.1, -0.05) is 0 Å². The van der Waals surface area contributed by atoms with Gasteiger partial charge in [-0.2, -0.15) is 8.75 Å². The number of amides is 1. The molecule has 0 unspecified atom stereocenters. The molecule has 1 amide bonds. The second kappa shape index (κ2) is 5.85. The van der Waals surface area contributed by atoms with Crippen LogP contribution in [0.1, 0.15) is 17.4 Å². The quantitative estimate of drug-likeness (QED) is 0.757. The SMILES string of the molecule is C[C@@H](CN)NC(=O)c1cnsn1.Cl. The van der Waals surface area contributed by atoms with E-state index < -0.39 is 0 Å². The van der Waals surface area contributed by atoms with Crippen LogP contribution in [0.5, 0.6) is 0 Å². The first kappa shape index (κ1) is 12.3. The lowest BCUT2D eigenvalue weighted by atomic mass is 10.3. The largest absolute Gasteiger partial charge is 0.347 e. The molecule has 1 atom stereocenters. The molecule has 3 N–H and O–H groups in total. The maximum Gasteiger partial charge on any atom is 0.272 e. The summed E-state index contributed by atoms with van der Waals surface area (Å²) in [6, 6.07) is -0.0285. The number of nitrogens with one attached hydrogen (secondary N) is 1. The number of hydrogen-bond acceptors (Lipinski definition) is 5. The molecule has 0 saturated carbocycles. The van der Waals surface area contributed by atoms with Crippen molar-refractivity contribution < 1.29 is 4.79 Å². The Hall–Kier alpha value is -0.720. The standard InChI is InChI=1S/C6H10N4OS.ClH/c1-4(2-7)9-6(11)5-3-8-12-10-5;/h3-4H,2,7H2,1H3,(H,9,11);1H/t4-;/m0./s1. The smallest absolute Gasteiger partial charge is 0.272 e. The van der Waals surface area contributed by atoms with Crippen molar-refractivity contribution in [2.45, 2.75) is 13.0 Å². The van der Waals surface area contributed by atoms with E-state index in [4.69, 9.17) is 5.73 Å². The highest BCUT2D eigenvalue weighted by molar-refractivity contribution is 6.99. The molecule has 0 radical (unpaired) electrons. The summed E-state index contributed by atoms with van der Waals surface area (Å²) in [6.07, 6.45) is 1.43. The number of rotatable bonds is 3. The lowest BCUT2D eigenvalue weighted by molar-refractivity contribution is 0.0937. The van der Waals surface area contributed by atoms with Gasteiger partial charge in [0, 0.05) is 12.6 Å². The highest BCUT2D eigenvalue weighted by Crippen LogP contribution is 1.94. The van der Waals surface area contributed by atoms with Crippen molar-refractivity contribution in [3.8, 4) is 0 Å². The van der Waals surface area contributed by atoms with Crippen LogP contribution in [-0.2, 0) is 0 Å². The Bertz CT molecular complexity index is 253. The van der Waals surface area contributed by atoms with Crippen molar-refractivity contribution in [2.75, 3.05) is 6.54 Å². The highest BCUT2D eigenvalue weighted by Gasteiger charge is 2.10. The average molecular weight is 223 g/mol. The van der Waals surface area contributed by atoms with Crippen LogP contribution >= 0.6 is 24.1 Å². The fourth-order valence-corrected chi connectivity index (χ4v) is 1.03. The molecule has 0 aliphatic rings. The van der Waals surface area contributed by atoms with Crippen molar-refractivity contribution in [3.63, 3.8) is 0 Å². The van der Waals surface area contributed by atoms with Gasteiger partial charge in [-0.15, -0.1) is 12.4 Å². The Balaban J connectivity index is 0.00000144. The second-order valence-electron chi connectivity index (χ2n) is 2.40. The van der Waals surface area contributed by atoms with Crippen molar-refractivity contribution >= 4 is 30.0 Å². The van der Waals surface area contributed by atoms with Crippen LogP contribution in [0.3, 0.4) is 0 Å². The number of hydrogen-bond donors (Lipinski definition) is 2. The molecule has 0 saturated heterocycles. The van der Waals surface area contributed by atoms with Crippen molar-refractivity contribution in [1.29, 1.82) is 0 Å². The maximum atomic E-state index is 11.2. The van der Waals surface area contributed by atoms with Crippen LogP contribution < -0.4 is 11.1 Å². The van der Waals surface area contributed by atoms with E-state index in [1.165, 1.54) is 6.20 Å². The molecule has 5 nitrogen and oxygen atoms in total. The first-order valence-corrected chi connectivity index (χ1v) is 4.25. The molecular formula is C6H11ClN4OS. The first-order valence-electron chi connectivity index (χ1n) is 3.52. The Morgan fingerprint density at radius 2 is 2.54 bits per heavy atom. The number of halogens is 1. The molecule has 0 aromatic carbocycles. The average Bonchev–Trinajstić information content (AvgIpc) is 2.56. The van der Waals surface area contributed by atoms with Crippen molar-refractivity contribution in [1.82, 2.24) is 14.1 Å². The summed E-state index contributed by atoms with van der Waals surface area (Å²) in [6.45, 7) is 2.25. The topological polar surface area (TPSA) is 80.9 Å². The van der Waals surface area contributed by atoms with E-state index >= 15 is 0 Å². The molecule has 0 aliphatic carbocycles. The molecule has 1 aromatic rings. The minimum absolute atomic E-state index is 0. The molecule has 0 spiro atoms. The summed E-state index contributed by atoms with van der Waals surface area (Å²) < 4.78 is 7.50. The number of carbonyl (C=O) groups excluding carboxylic acids is 1. The van der Waals surface area contributed by atoms with Gasteiger partial charge in [0.1, 0.15) is 0 Å². The third kappa shape index (κ3) is 3.67. The van der Waals surface area contributed by atoms with Gasteiger partial charge in [0.2, 0.25) is 0 Å². The van der Waals surface area contributed by atoms with Crippen molar-refractivity contribution in [3.05, 3.63) is 11.9 Å². The van der Waals surface area contributed by atoms with Gasteiger partial charge < -0.3 is 11.1 Å². The second-order valence-corrected chi connectivity index (χ2v) is 2.96. The van der Waals surface area contributed by atoms with E-state index in [-0.39, 0.29) is 24.4 Å². The number of nitrogens with two attached hydrogens (primary N) is 1. The third-order valence-electron chi connectivity index (χ3n) is 1.32. The minimum Gasteiger partial charge on any atom is -0.347 e. The van der Waals surface area contributed by atoms with Gasteiger partial charge in [0.15, 0.2) is 5.69 Å². The predicted octanol–water partition coefficient (Wildman–Crippen LogP) is 0.0369. The third-order valence-corrected chi connectivity index (χ3v) is 1.80. The maximum absolute atomic E-state index is 11.2. The molecule has 13 heavy (non-hydrogen) atoms. The fraction of sp³-hybridized carbons (Fsp3) is 0.500. The van der Waals surface area contributed by atoms with E-state index in [1.807, 2.05) is 6.92 Å². The molecule has 0 bridgehead atoms. The first-order chi connectivity index (χ1) is 5.74. The van der Waals surface area contributed by atoms with Crippen LogP contribution in [0.15, 0.2) is 6.20 Å². The Labute approximate surface area is 86.5 Å². The van der Waals surface area contributed by atoms with E-state index in [9.17, 15) is 4.79 Å². The normalized spacial score (nSPS) is 11.5. The predicted molar refractivity (Wildman–Crippen MR) is 53.1 cm³/mol. The lowest BCUT2D eigenvalue weighted by Crippen LogP contribution is -2.37. The summed E-state index contributed by atoms with van der Waals surface area (Å²) in [5.41, 5.74) is 5.67. The molecule has 7 heteroatoms. The molecule has 1 rings (SSSR count). The fourth-order valence-electron chi connectivity index (χ4n) is 0.621. The highest BCUT2D eigenvalue weighted by atomic mass is 35.5. The van der Waals surface area contributed by atoms with Gasteiger partial charge in [0.05, 0.1) is 17.9 Å². The van der Waals surface area contributed by atoms with E-state index in [1.54, 1.807) is 0 Å². The number of nitrogens with zero attached hydrogens (tertiary/aromatic N) is 2. The summed E-state index contributed by atoms with van der Waals surface area (Å²) in [7, 11) is 0. The zero-order valence-corrected chi connectivity index (χ0v) is 8.69. The van der Waals surface area contributed by atoms with E-state index in [0.717, 1.165) is 11.7 Å². The number of carbonyl (C=O) groups is 1. The van der Waals surface area contributed by atoms with Gasteiger partial charge >= 0.3 is 0 Å². The Kier molecular flexibility index (Phi) is 5.52. The minimum atomic E-state index is -0.221. The number of aromatic nitrogens is 2. The zero-order valence-electron chi connectivity index (χ0n) is 7.06. The summed E-state index contributed by atoms with van der Waals surface area (Å²) in [5, 5.41) is 2.67. The van der Waals surface area contributed by atoms with Crippen LogP contribution in [0, 0.1) is 0 Å². The molecule has 0 fully saturated rings. The van der Waals surface area contributed by atoms with Crippen LogP contribution in [-0.4, -0.2) is 27.2 Å². The monoisotopic (exact) mass is 222 g/mol. The van der Waals surface area contributed by atoms with Gasteiger partial charge in [-0.25, -0.2) is 0 Å². The van der Waals surface area contributed by atoms with E-state index in [2.05, 4.69) is 14.1 Å². The molecular weight excluding hydrogens is 212 g/mol. The molecule has 1 heterocycles. The molecule has 1 aromatic heterocycles. The Morgan fingerprint density at radius 3 is 3.00 bits per heavy atom. The van der Waals surface area contributed by atoms with Gasteiger partial charge in [-0.05, 0) is 6.92 Å². The van der Waals surface area contributed by atoms with Crippen LogP contribution in [0.25, 0.3) is 0 Å². The molecule has 74 valence electrons.